The Morgan fingerprint density at radius 1 is 1.20 bits per heavy atom. The molecule has 2 fully saturated rings. The second kappa shape index (κ2) is 4.84. The Kier molecular flexibility index (Phi) is 3.68. The first-order valence-corrected chi connectivity index (χ1v) is 6.63. The van der Waals surface area contributed by atoms with E-state index in [2.05, 4.69) is 11.9 Å². The molecule has 0 aromatic rings. The summed E-state index contributed by atoms with van der Waals surface area (Å²) in [7, 11) is 2.29. The monoisotopic (exact) mass is 210 g/mol. The first-order chi connectivity index (χ1) is 7.24. The van der Waals surface area contributed by atoms with E-state index >= 15 is 0 Å². The van der Waals surface area contributed by atoms with E-state index in [0.717, 1.165) is 12.5 Å². The fourth-order valence-corrected chi connectivity index (χ4v) is 3.37. The van der Waals surface area contributed by atoms with Gasteiger partial charge in [-0.1, -0.05) is 19.3 Å². The summed E-state index contributed by atoms with van der Waals surface area (Å²) < 4.78 is 0. The molecule has 2 aliphatic rings. The van der Waals surface area contributed by atoms with Gasteiger partial charge in [0.15, 0.2) is 0 Å². The summed E-state index contributed by atoms with van der Waals surface area (Å²) in [6.45, 7) is 3.43. The second-order valence-electron chi connectivity index (χ2n) is 5.90. The van der Waals surface area contributed by atoms with Crippen molar-refractivity contribution in [3.05, 3.63) is 0 Å². The second-order valence-corrected chi connectivity index (χ2v) is 5.90. The molecule has 0 bridgehead atoms. The van der Waals surface area contributed by atoms with Gasteiger partial charge in [0.2, 0.25) is 0 Å². The molecule has 2 nitrogen and oxygen atoms in total. The van der Waals surface area contributed by atoms with Gasteiger partial charge in [-0.05, 0) is 50.6 Å². The van der Waals surface area contributed by atoms with Crippen molar-refractivity contribution >= 4 is 0 Å². The van der Waals surface area contributed by atoms with Gasteiger partial charge in [0.05, 0.1) is 0 Å². The SMILES string of the molecule is CN(CC1CCCC1)CC1(CN)CCC1. The summed E-state index contributed by atoms with van der Waals surface area (Å²) in [5, 5.41) is 0. The predicted molar refractivity (Wildman–Crippen MR) is 64.8 cm³/mol. The average Bonchev–Trinajstić information content (AvgIpc) is 2.64. The lowest BCUT2D eigenvalue weighted by Crippen LogP contribution is -2.46. The highest BCUT2D eigenvalue weighted by atomic mass is 15.1. The van der Waals surface area contributed by atoms with Crippen molar-refractivity contribution in [3.8, 4) is 0 Å². The van der Waals surface area contributed by atoms with E-state index in [-0.39, 0.29) is 0 Å². The van der Waals surface area contributed by atoms with Crippen LogP contribution in [0.3, 0.4) is 0 Å². The van der Waals surface area contributed by atoms with E-state index in [0.29, 0.717) is 5.41 Å². The molecule has 0 spiro atoms. The van der Waals surface area contributed by atoms with E-state index in [1.54, 1.807) is 0 Å². The van der Waals surface area contributed by atoms with Crippen LogP contribution >= 0.6 is 0 Å². The molecule has 88 valence electrons. The maximum atomic E-state index is 5.90. The van der Waals surface area contributed by atoms with Gasteiger partial charge in [-0.3, -0.25) is 0 Å². The van der Waals surface area contributed by atoms with Crippen LogP contribution in [0.1, 0.15) is 44.9 Å². The molecule has 2 N–H and O–H groups in total. The summed E-state index contributed by atoms with van der Waals surface area (Å²) in [5.41, 5.74) is 6.39. The van der Waals surface area contributed by atoms with Gasteiger partial charge in [-0.25, -0.2) is 0 Å². The molecular formula is C13H26N2. The molecule has 0 aromatic heterocycles. The molecule has 0 radical (unpaired) electrons. The van der Waals surface area contributed by atoms with Crippen molar-refractivity contribution in [1.29, 1.82) is 0 Å². The molecule has 0 atom stereocenters. The number of hydrogen-bond acceptors (Lipinski definition) is 2. The van der Waals surface area contributed by atoms with Crippen LogP contribution in [-0.2, 0) is 0 Å². The number of rotatable bonds is 5. The first kappa shape index (κ1) is 11.4. The molecule has 0 aliphatic heterocycles. The zero-order chi connectivity index (χ0) is 10.7. The topological polar surface area (TPSA) is 29.3 Å². The molecular weight excluding hydrogens is 184 g/mol. The van der Waals surface area contributed by atoms with E-state index in [1.165, 1.54) is 58.0 Å². The lowest BCUT2D eigenvalue weighted by atomic mass is 9.68. The smallest absolute Gasteiger partial charge is 0.00471 e. The molecule has 2 heteroatoms. The van der Waals surface area contributed by atoms with E-state index in [4.69, 9.17) is 5.73 Å². The third-order valence-electron chi connectivity index (χ3n) is 4.50. The van der Waals surface area contributed by atoms with Crippen molar-refractivity contribution in [2.75, 3.05) is 26.7 Å². The number of nitrogens with zero attached hydrogens (tertiary/aromatic N) is 1. The van der Waals surface area contributed by atoms with Crippen LogP contribution in [0.25, 0.3) is 0 Å². The van der Waals surface area contributed by atoms with Gasteiger partial charge in [0.1, 0.15) is 0 Å². The van der Waals surface area contributed by atoms with Gasteiger partial charge in [0.25, 0.3) is 0 Å². The summed E-state index contributed by atoms with van der Waals surface area (Å²) in [5.74, 6) is 0.977. The van der Waals surface area contributed by atoms with Crippen LogP contribution in [0.15, 0.2) is 0 Å². The predicted octanol–water partition coefficient (Wildman–Crippen LogP) is 2.24. The van der Waals surface area contributed by atoms with Crippen LogP contribution in [0, 0.1) is 11.3 Å². The Balaban J connectivity index is 1.73. The van der Waals surface area contributed by atoms with Crippen molar-refractivity contribution in [1.82, 2.24) is 4.90 Å². The largest absolute Gasteiger partial charge is 0.330 e. The van der Waals surface area contributed by atoms with Crippen LogP contribution in [0.4, 0.5) is 0 Å². The fourth-order valence-electron chi connectivity index (χ4n) is 3.37. The third kappa shape index (κ3) is 2.73. The maximum Gasteiger partial charge on any atom is 0.00471 e. The highest BCUT2D eigenvalue weighted by Crippen LogP contribution is 2.40. The summed E-state index contributed by atoms with van der Waals surface area (Å²) >= 11 is 0. The van der Waals surface area contributed by atoms with Crippen LogP contribution < -0.4 is 5.73 Å². The molecule has 0 saturated heterocycles. The minimum Gasteiger partial charge on any atom is -0.330 e. The molecule has 0 aromatic carbocycles. The quantitative estimate of drug-likeness (QED) is 0.754. The highest BCUT2D eigenvalue weighted by Gasteiger charge is 2.36. The third-order valence-corrected chi connectivity index (χ3v) is 4.50. The average molecular weight is 210 g/mol. The molecule has 0 amide bonds. The molecule has 2 saturated carbocycles. The highest BCUT2D eigenvalue weighted by molar-refractivity contribution is 4.91. The summed E-state index contributed by atoms with van der Waals surface area (Å²) in [4.78, 5) is 2.54. The summed E-state index contributed by atoms with van der Waals surface area (Å²) in [6, 6.07) is 0. The summed E-state index contributed by atoms with van der Waals surface area (Å²) in [6.07, 6.45) is 9.95. The Morgan fingerprint density at radius 2 is 1.87 bits per heavy atom. The van der Waals surface area contributed by atoms with E-state index < -0.39 is 0 Å². The minimum absolute atomic E-state index is 0.493. The van der Waals surface area contributed by atoms with Crippen molar-refractivity contribution in [2.24, 2.45) is 17.1 Å². The maximum absolute atomic E-state index is 5.90. The zero-order valence-corrected chi connectivity index (χ0v) is 10.2. The van der Waals surface area contributed by atoms with Crippen molar-refractivity contribution < 1.29 is 0 Å². The van der Waals surface area contributed by atoms with Gasteiger partial charge >= 0.3 is 0 Å². The van der Waals surface area contributed by atoms with Crippen LogP contribution in [0.2, 0.25) is 0 Å². The Hall–Kier alpha value is -0.0800. The van der Waals surface area contributed by atoms with Crippen LogP contribution in [0.5, 0.6) is 0 Å². The van der Waals surface area contributed by atoms with E-state index in [1.807, 2.05) is 0 Å². The fraction of sp³-hybridized carbons (Fsp3) is 1.00. The molecule has 15 heavy (non-hydrogen) atoms. The Bertz CT molecular complexity index is 187. The van der Waals surface area contributed by atoms with Gasteiger partial charge < -0.3 is 10.6 Å². The lowest BCUT2D eigenvalue weighted by molar-refractivity contribution is 0.0805. The zero-order valence-electron chi connectivity index (χ0n) is 10.2. The molecule has 2 aliphatic carbocycles. The van der Waals surface area contributed by atoms with Gasteiger partial charge in [0, 0.05) is 13.1 Å². The normalized spacial score (nSPS) is 25.8. The Morgan fingerprint density at radius 3 is 2.33 bits per heavy atom. The molecule has 0 unspecified atom stereocenters. The van der Waals surface area contributed by atoms with Crippen molar-refractivity contribution in [2.45, 2.75) is 44.9 Å². The van der Waals surface area contributed by atoms with Gasteiger partial charge in [-0.2, -0.15) is 0 Å². The molecule has 0 heterocycles. The first-order valence-electron chi connectivity index (χ1n) is 6.63. The minimum atomic E-state index is 0.493. The number of hydrogen-bond donors (Lipinski definition) is 1. The van der Waals surface area contributed by atoms with Crippen LogP contribution in [-0.4, -0.2) is 31.6 Å². The molecule has 2 rings (SSSR count). The lowest BCUT2D eigenvalue weighted by Gasteiger charge is -2.44. The Labute approximate surface area is 94.2 Å². The van der Waals surface area contributed by atoms with Gasteiger partial charge in [-0.15, -0.1) is 0 Å². The number of nitrogens with two attached hydrogens (primary N) is 1. The standard InChI is InChI=1S/C13H26N2/c1-15(9-12-5-2-3-6-12)11-13(10-14)7-4-8-13/h12H,2-11,14H2,1H3. The van der Waals surface area contributed by atoms with E-state index in [9.17, 15) is 0 Å². The van der Waals surface area contributed by atoms with Crippen molar-refractivity contribution in [3.63, 3.8) is 0 Å².